The molecule has 0 aliphatic heterocycles. The fourth-order valence-corrected chi connectivity index (χ4v) is 3.68. The molecular weight excluding hydrogens is 465 g/mol. The van der Waals surface area contributed by atoms with Crippen LogP contribution >= 0.6 is 0 Å². The van der Waals surface area contributed by atoms with Crippen LogP contribution in [0, 0.1) is 24.4 Å². The van der Waals surface area contributed by atoms with Gasteiger partial charge in [-0.05, 0) is 48.7 Å². The van der Waals surface area contributed by atoms with Crippen molar-refractivity contribution < 1.29 is 27.4 Å². The summed E-state index contributed by atoms with van der Waals surface area (Å²) in [6.07, 6.45) is 1.79. The Morgan fingerprint density at radius 2 is 1.31 bits per heavy atom. The van der Waals surface area contributed by atoms with Gasteiger partial charge in [0.2, 0.25) is 0 Å². The molecule has 0 atom stereocenters. The van der Waals surface area contributed by atoms with Crippen LogP contribution in [0.1, 0.15) is 35.7 Å². The van der Waals surface area contributed by atoms with Crippen LogP contribution in [0.3, 0.4) is 0 Å². The van der Waals surface area contributed by atoms with Crippen LogP contribution in [0.2, 0.25) is 0 Å². The quantitative estimate of drug-likeness (QED) is 0.142. The normalized spacial score (nSPS) is 10.8. The molecular formula is C30H25F3O3. The van der Waals surface area contributed by atoms with Crippen molar-refractivity contribution in [1.29, 1.82) is 0 Å². The summed E-state index contributed by atoms with van der Waals surface area (Å²) in [4.78, 5) is 12.4. The number of ether oxygens (including phenoxy) is 2. The fraction of sp³-hybridized carbons (Fsp3) is 0.167. The van der Waals surface area contributed by atoms with Crippen LogP contribution in [0.5, 0.6) is 11.5 Å². The molecule has 0 fully saturated rings. The highest BCUT2D eigenvalue weighted by molar-refractivity contribution is 5.91. The van der Waals surface area contributed by atoms with Gasteiger partial charge in [-0.15, -0.1) is 0 Å². The number of esters is 1. The Morgan fingerprint density at radius 1 is 0.750 bits per heavy atom. The molecule has 3 nitrogen and oxygen atoms in total. The van der Waals surface area contributed by atoms with Gasteiger partial charge in [0.1, 0.15) is 17.3 Å². The van der Waals surface area contributed by atoms with Crippen molar-refractivity contribution in [2.45, 2.75) is 26.7 Å². The summed E-state index contributed by atoms with van der Waals surface area (Å²) in [5.74, 6) is -3.06. The highest BCUT2D eigenvalue weighted by atomic mass is 19.2. The van der Waals surface area contributed by atoms with Crippen LogP contribution in [-0.4, -0.2) is 12.6 Å². The molecule has 0 heterocycles. The minimum atomic E-state index is -0.971. The Balaban J connectivity index is 1.48. The average molecular weight is 491 g/mol. The number of benzene rings is 4. The maximum atomic E-state index is 14.9. The van der Waals surface area contributed by atoms with E-state index in [2.05, 4.69) is 0 Å². The Kier molecular flexibility index (Phi) is 7.74. The topological polar surface area (TPSA) is 35.5 Å². The lowest BCUT2D eigenvalue weighted by molar-refractivity contribution is 0.0730. The molecule has 184 valence electrons. The molecule has 0 radical (unpaired) electrons. The summed E-state index contributed by atoms with van der Waals surface area (Å²) in [5.41, 5.74) is 2.02. The smallest absolute Gasteiger partial charge is 0.346 e. The number of unbranched alkanes of at least 4 members (excludes halogenated alkanes) is 1. The molecule has 0 saturated carbocycles. The van der Waals surface area contributed by atoms with Crippen LogP contribution < -0.4 is 9.47 Å². The number of hydrogen-bond donors (Lipinski definition) is 0. The first kappa shape index (κ1) is 25.0. The SMILES string of the molecule is CCCCOc1ccc(C(=O)Oc2ccc(-c3ccc(-c4ccc(C)cc4)c(F)c3F)cc2)c(F)c1. The van der Waals surface area contributed by atoms with Crippen molar-refractivity contribution in [3.8, 4) is 33.8 Å². The number of halogens is 3. The molecule has 4 aromatic rings. The molecule has 36 heavy (non-hydrogen) atoms. The predicted octanol–water partition coefficient (Wildman–Crippen LogP) is 8.14. The van der Waals surface area contributed by atoms with E-state index in [1.807, 2.05) is 26.0 Å². The van der Waals surface area contributed by atoms with E-state index in [1.54, 1.807) is 12.1 Å². The number of aryl methyl sites for hydroxylation is 1. The highest BCUT2D eigenvalue weighted by Crippen LogP contribution is 2.32. The highest BCUT2D eigenvalue weighted by Gasteiger charge is 2.18. The molecule has 0 saturated heterocycles. The van der Waals surface area contributed by atoms with Gasteiger partial charge >= 0.3 is 5.97 Å². The number of rotatable bonds is 8. The van der Waals surface area contributed by atoms with Gasteiger partial charge < -0.3 is 9.47 Å². The lowest BCUT2D eigenvalue weighted by Crippen LogP contribution is -2.11. The first-order chi connectivity index (χ1) is 17.4. The van der Waals surface area contributed by atoms with Crippen molar-refractivity contribution in [3.05, 3.63) is 107 Å². The predicted molar refractivity (Wildman–Crippen MR) is 134 cm³/mol. The molecule has 0 unspecified atom stereocenters. The first-order valence-corrected chi connectivity index (χ1v) is 11.7. The van der Waals surface area contributed by atoms with E-state index < -0.39 is 23.4 Å². The van der Waals surface area contributed by atoms with Crippen molar-refractivity contribution in [2.24, 2.45) is 0 Å². The largest absolute Gasteiger partial charge is 0.493 e. The minimum Gasteiger partial charge on any atom is -0.493 e. The molecule has 6 heteroatoms. The van der Waals surface area contributed by atoms with E-state index in [9.17, 15) is 18.0 Å². The van der Waals surface area contributed by atoms with E-state index >= 15 is 0 Å². The van der Waals surface area contributed by atoms with Crippen LogP contribution in [0.25, 0.3) is 22.3 Å². The van der Waals surface area contributed by atoms with E-state index in [-0.39, 0.29) is 22.4 Å². The Hall–Kier alpha value is -4.06. The van der Waals surface area contributed by atoms with Gasteiger partial charge in [0.15, 0.2) is 11.6 Å². The van der Waals surface area contributed by atoms with Gasteiger partial charge in [-0.1, -0.05) is 67.4 Å². The third kappa shape index (κ3) is 5.60. The summed E-state index contributed by atoms with van der Waals surface area (Å²) >= 11 is 0. The Labute approximate surface area is 208 Å². The molecule has 0 aliphatic carbocycles. The van der Waals surface area contributed by atoms with Gasteiger partial charge in [0.05, 0.1) is 12.2 Å². The third-order valence-corrected chi connectivity index (χ3v) is 5.75. The maximum absolute atomic E-state index is 14.9. The number of carbonyl (C=O) groups is 1. The second-order valence-corrected chi connectivity index (χ2v) is 8.41. The van der Waals surface area contributed by atoms with E-state index in [1.165, 1.54) is 48.5 Å². The van der Waals surface area contributed by atoms with Crippen LogP contribution in [-0.2, 0) is 0 Å². The fourth-order valence-electron chi connectivity index (χ4n) is 3.68. The third-order valence-electron chi connectivity index (χ3n) is 5.75. The molecule has 0 N–H and O–H groups in total. The van der Waals surface area contributed by atoms with Gasteiger partial charge in [-0.25, -0.2) is 18.0 Å². The lowest BCUT2D eigenvalue weighted by atomic mass is 9.98. The molecule has 0 spiro atoms. The van der Waals surface area contributed by atoms with Gasteiger partial charge in [0.25, 0.3) is 0 Å². The summed E-state index contributed by atoms with van der Waals surface area (Å²) in [7, 11) is 0. The summed E-state index contributed by atoms with van der Waals surface area (Å²) < 4.78 is 54.8. The molecule has 0 amide bonds. The lowest BCUT2D eigenvalue weighted by Gasteiger charge is -2.11. The van der Waals surface area contributed by atoms with E-state index in [0.717, 1.165) is 24.5 Å². The van der Waals surface area contributed by atoms with Crippen LogP contribution in [0.15, 0.2) is 78.9 Å². The van der Waals surface area contributed by atoms with Gasteiger partial charge in [-0.2, -0.15) is 0 Å². The standard InChI is InChI=1S/C30H25F3O3/c1-3-4-17-35-23-13-14-26(27(31)18-23)30(34)36-22-11-9-21(10-12-22)25-16-15-24(28(32)29(25)33)20-7-5-19(2)6-8-20/h5-16,18H,3-4,17H2,1-2H3. The summed E-state index contributed by atoms with van der Waals surface area (Å²) in [5, 5.41) is 0. The van der Waals surface area contributed by atoms with Crippen molar-refractivity contribution in [3.63, 3.8) is 0 Å². The number of carbonyl (C=O) groups excluding carboxylic acids is 1. The average Bonchev–Trinajstić information content (AvgIpc) is 2.87. The number of hydrogen-bond acceptors (Lipinski definition) is 3. The second kappa shape index (κ2) is 11.1. The Bertz CT molecular complexity index is 1360. The molecule has 0 aliphatic rings. The zero-order valence-electron chi connectivity index (χ0n) is 20.0. The molecule has 0 aromatic heterocycles. The zero-order valence-corrected chi connectivity index (χ0v) is 20.0. The molecule has 4 aromatic carbocycles. The van der Waals surface area contributed by atoms with Crippen molar-refractivity contribution >= 4 is 5.97 Å². The summed E-state index contributed by atoms with van der Waals surface area (Å²) in [6.45, 7) is 4.40. The van der Waals surface area contributed by atoms with E-state index in [4.69, 9.17) is 9.47 Å². The zero-order chi connectivity index (χ0) is 25.7. The molecule has 4 rings (SSSR count). The van der Waals surface area contributed by atoms with Crippen molar-refractivity contribution in [2.75, 3.05) is 6.61 Å². The van der Waals surface area contributed by atoms with Crippen LogP contribution in [0.4, 0.5) is 13.2 Å². The first-order valence-electron chi connectivity index (χ1n) is 11.7. The van der Waals surface area contributed by atoms with Gasteiger partial charge in [0, 0.05) is 17.2 Å². The van der Waals surface area contributed by atoms with Crippen molar-refractivity contribution in [1.82, 2.24) is 0 Å². The van der Waals surface area contributed by atoms with E-state index in [0.29, 0.717) is 23.5 Å². The van der Waals surface area contributed by atoms with Gasteiger partial charge in [-0.3, -0.25) is 0 Å². The summed E-state index contributed by atoms with van der Waals surface area (Å²) in [6, 6.07) is 20.1. The maximum Gasteiger partial charge on any atom is 0.346 e. The Morgan fingerprint density at radius 3 is 1.86 bits per heavy atom. The second-order valence-electron chi connectivity index (χ2n) is 8.41. The minimum absolute atomic E-state index is 0.0749. The molecule has 0 bridgehead atoms. The monoisotopic (exact) mass is 490 g/mol.